The normalized spacial score (nSPS) is 11.4. The number of halogens is 1. The van der Waals surface area contributed by atoms with Gasteiger partial charge in [-0.25, -0.2) is 4.98 Å². The molecule has 0 bridgehead atoms. The van der Waals surface area contributed by atoms with Gasteiger partial charge in [0.05, 0.1) is 11.8 Å². The Hall–Kier alpha value is -2.15. The van der Waals surface area contributed by atoms with E-state index >= 15 is 0 Å². The third-order valence-corrected chi connectivity index (χ3v) is 2.71. The average Bonchev–Trinajstić information content (AvgIpc) is 2.38. The fraction of sp³-hybridized carbons (Fsp3) is 0.0833. The van der Waals surface area contributed by atoms with E-state index < -0.39 is 0 Å². The number of hydrogen-bond donors (Lipinski definition) is 2. The highest BCUT2D eigenvalue weighted by atomic mass is 79.9. The number of oxime groups is 1. The van der Waals surface area contributed by atoms with Crippen molar-refractivity contribution < 1.29 is 9.94 Å². The molecule has 0 saturated carbocycles. The summed E-state index contributed by atoms with van der Waals surface area (Å²) >= 11 is 3.30. The van der Waals surface area contributed by atoms with Gasteiger partial charge in [-0.2, -0.15) is 0 Å². The number of nitrogens with two attached hydrogens (primary N) is 1. The molecule has 2 heterocycles. The van der Waals surface area contributed by atoms with E-state index in [-0.39, 0.29) is 11.7 Å². The summed E-state index contributed by atoms with van der Waals surface area (Å²) < 4.78 is 6.40. The maximum atomic E-state index is 8.75. The minimum atomic E-state index is -0.0644. The summed E-state index contributed by atoms with van der Waals surface area (Å²) in [5.41, 5.74) is 6.75. The molecule has 0 amide bonds. The van der Waals surface area contributed by atoms with Gasteiger partial charge < -0.3 is 15.7 Å². The van der Waals surface area contributed by atoms with E-state index in [1.807, 2.05) is 6.92 Å². The second-order valence-corrected chi connectivity index (χ2v) is 4.65. The minimum Gasteiger partial charge on any atom is -0.437 e. The van der Waals surface area contributed by atoms with Crippen LogP contribution in [-0.2, 0) is 0 Å². The Morgan fingerprint density at radius 2 is 2.21 bits per heavy atom. The number of pyridine rings is 2. The molecule has 2 rings (SSSR count). The zero-order valence-electron chi connectivity index (χ0n) is 10.0. The van der Waals surface area contributed by atoms with Crippen molar-refractivity contribution in [2.24, 2.45) is 10.9 Å². The fourth-order valence-electron chi connectivity index (χ4n) is 1.42. The summed E-state index contributed by atoms with van der Waals surface area (Å²) in [6.45, 7) is 1.82. The van der Waals surface area contributed by atoms with E-state index in [1.54, 1.807) is 30.6 Å². The topological polar surface area (TPSA) is 93.6 Å². The molecule has 2 aromatic heterocycles. The molecule has 0 atom stereocenters. The number of aromatic nitrogens is 2. The smallest absolute Gasteiger partial charge is 0.230 e. The second kappa shape index (κ2) is 5.66. The van der Waals surface area contributed by atoms with Crippen LogP contribution in [0.15, 0.2) is 40.2 Å². The Bertz CT molecular complexity index is 631. The van der Waals surface area contributed by atoms with Crippen molar-refractivity contribution in [3.63, 3.8) is 0 Å². The summed E-state index contributed by atoms with van der Waals surface area (Å²) in [6.07, 6.45) is 3.19. The molecule has 0 spiro atoms. The molecule has 6 nitrogen and oxygen atoms in total. The van der Waals surface area contributed by atoms with Gasteiger partial charge in [0.15, 0.2) is 5.84 Å². The van der Waals surface area contributed by atoms with Crippen molar-refractivity contribution in [3.8, 4) is 11.6 Å². The number of aryl methyl sites for hydroxylation is 1. The summed E-state index contributed by atoms with van der Waals surface area (Å²) in [6, 6.07) is 5.17. The SMILES string of the molecule is Cc1ccc(C(N)=NO)c(Oc2cncc(Br)c2)n1. The van der Waals surface area contributed by atoms with Gasteiger partial charge in [-0.15, -0.1) is 0 Å². The van der Waals surface area contributed by atoms with E-state index in [4.69, 9.17) is 15.7 Å². The first-order valence-corrected chi connectivity index (χ1v) is 6.13. The molecule has 98 valence electrons. The molecule has 0 aromatic carbocycles. The highest BCUT2D eigenvalue weighted by Gasteiger charge is 2.11. The van der Waals surface area contributed by atoms with E-state index in [0.717, 1.165) is 10.2 Å². The predicted octanol–water partition coefficient (Wildman–Crippen LogP) is 2.43. The molecule has 0 unspecified atom stereocenters. The number of ether oxygens (including phenoxy) is 1. The average molecular weight is 323 g/mol. The highest BCUT2D eigenvalue weighted by molar-refractivity contribution is 9.10. The van der Waals surface area contributed by atoms with Crippen molar-refractivity contribution in [2.75, 3.05) is 0 Å². The van der Waals surface area contributed by atoms with Crippen LogP contribution < -0.4 is 10.5 Å². The Labute approximate surface area is 118 Å². The van der Waals surface area contributed by atoms with Crippen LogP contribution in [0.25, 0.3) is 0 Å². The lowest BCUT2D eigenvalue weighted by atomic mass is 10.2. The van der Waals surface area contributed by atoms with Crippen molar-refractivity contribution in [1.82, 2.24) is 9.97 Å². The fourth-order valence-corrected chi connectivity index (χ4v) is 1.76. The van der Waals surface area contributed by atoms with Crippen LogP contribution in [0, 0.1) is 6.92 Å². The summed E-state index contributed by atoms with van der Waals surface area (Å²) in [5, 5.41) is 11.7. The number of hydrogen-bond acceptors (Lipinski definition) is 5. The first kappa shape index (κ1) is 13.3. The van der Waals surface area contributed by atoms with Gasteiger partial charge in [-0.05, 0) is 41.1 Å². The van der Waals surface area contributed by atoms with Crippen LogP contribution in [0.3, 0.4) is 0 Å². The van der Waals surface area contributed by atoms with Crippen molar-refractivity contribution >= 4 is 21.8 Å². The number of rotatable bonds is 3. The van der Waals surface area contributed by atoms with Gasteiger partial charge >= 0.3 is 0 Å². The van der Waals surface area contributed by atoms with Gasteiger partial charge in [0.2, 0.25) is 5.88 Å². The molecule has 0 fully saturated rings. The van der Waals surface area contributed by atoms with Crippen molar-refractivity contribution in [1.29, 1.82) is 0 Å². The van der Waals surface area contributed by atoms with E-state index in [2.05, 4.69) is 31.1 Å². The van der Waals surface area contributed by atoms with Crippen LogP contribution >= 0.6 is 15.9 Å². The third kappa shape index (κ3) is 3.19. The van der Waals surface area contributed by atoms with Crippen LogP contribution in [0.1, 0.15) is 11.3 Å². The lowest BCUT2D eigenvalue weighted by molar-refractivity contribution is 0.318. The van der Waals surface area contributed by atoms with E-state index in [1.165, 1.54) is 0 Å². The molecule has 19 heavy (non-hydrogen) atoms. The second-order valence-electron chi connectivity index (χ2n) is 3.73. The van der Waals surface area contributed by atoms with Crippen molar-refractivity contribution in [3.05, 3.63) is 46.3 Å². The van der Waals surface area contributed by atoms with Gasteiger partial charge in [0.25, 0.3) is 0 Å². The van der Waals surface area contributed by atoms with Crippen molar-refractivity contribution in [2.45, 2.75) is 6.92 Å². The molecule has 0 aliphatic carbocycles. The standard InChI is InChI=1S/C12H11BrN4O2/c1-7-2-3-10(11(14)17-18)12(16-7)19-9-4-8(13)5-15-6-9/h2-6,18H,1H3,(H2,14,17). The Morgan fingerprint density at radius 1 is 1.42 bits per heavy atom. The monoisotopic (exact) mass is 322 g/mol. The van der Waals surface area contributed by atoms with Gasteiger partial charge in [-0.1, -0.05) is 5.16 Å². The molecular weight excluding hydrogens is 312 g/mol. The maximum absolute atomic E-state index is 8.75. The lowest BCUT2D eigenvalue weighted by Crippen LogP contribution is -2.15. The minimum absolute atomic E-state index is 0.0644. The number of amidine groups is 1. The molecule has 0 aliphatic rings. The van der Waals surface area contributed by atoms with Crippen LogP contribution in [0.4, 0.5) is 0 Å². The molecule has 0 radical (unpaired) electrons. The first-order valence-electron chi connectivity index (χ1n) is 5.34. The molecule has 7 heteroatoms. The Morgan fingerprint density at radius 3 is 2.89 bits per heavy atom. The molecule has 0 saturated heterocycles. The third-order valence-electron chi connectivity index (χ3n) is 2.28. The van der Waals surface area contributed by atoms with Crippen LogP contribution in [0.5, 0.6) is 11.6 Å². The molecular formula is C12H11BrN4O2. The van der Waals surface area contributed by atoms with Crippen LogP contribution in [0.2, 0.25) is 0 Å². The predicted molar refractivity (Wildman–Crippen MR) is 73.5 cm³/mol. The Balaban J connectivity index is 2.41. The summed E-state index contributed by atoms with van der Waals surface area (Å²) in [5.74, 6) is 0.695. The number of nitrogens with zero attached hydrogens (tertiary/aromatic N) is 3. The van der Waals surface area contributed by atoms with Gasteiger partial charge in [0.1, 0.15) is 5.75 Å². The van der Waals surface area contributed by atoms with Gasteiger partial charge in [-0.3, -0.25) is 4.98 Å². The quantitative estimate of drug-likeness (QED) is 0.392. The van der Waals surface area contributed by atoms with Gasteiger partial charge in [0, 0.05) is 16.4 Å². The summed E-state index contributed by atoms with van der Waals surface area (Å²) in [4.78, 5) is 8.22. The van der Waals surface area contributed by atoms with Crippen LogP contribution in [-0.4, -0.2) is 21.0 Å². The maximum Gasteiger partial charge on any atom is 0.230 e. The van der Waals surface area contributed by atoms with E-state index in [0.29, 0.717) is 11.3 Å². The molecule has 3 N–H and O–H groups in total. The van der Waals surface area contributed by atoms with E-state index in [9.17, 15) is 0 Å². The first-order chi connectivity index (χ1) is 9.10. The zero-order valence-corrected chi connectivity index (χ0v) is 11.6. The molecule has 2 aromatic rings. The zero-order chi connectivity index (χ0) is 13.8. The molecule has 0 aliphatic heterocycles. The highest BCUT2D eigenvalue weighted by Crippen LogP contribution is 2.25. The Kier molecular flexibility index (Phi) is 3.96. The lowest BCUT2D eigenvalue weighted by Gasteiger charge is -2.09. The largest absolute Gasteiger partial charge is 0.437 e. The summed E-state index contributed by atoms with van der Waals surface area (Å²) in [7, 11) is 0.